The summed E-state index contributed by atoms with van der Waals surface area (Å²) in [5, 5.41) is 20.4. The van der Waals surface area contributed by atoms with Crippen LogP contribution in [0.1, 0.15) is 37.5 Å². The molecule has 100 valence electrons. The highest BCUT2D eigenvalue weighted by Crippen LogP contribution is 2.60. The van der Waals surface area contributed by atoms with Crippen LogP contribution in [0.2, 0.25) is 0 Å². The van der Waals surface area contributed by atoms with Gasteiger partial charge < -0.3 is 5.11 Å². The van der Waals surface area contributed by atoms with Gasteiger partial charge in [-0.25, -0.2) is 0 Å². The smallest absolute Gasteiger partial charge is 0.116 e. The predicted molar refractivity (Wildman–Crippen MR) is 78.1 cm³/mol. The van der Waals surface area contributed by atoms with E-state index < -0.39 is 11.5 Å². The summed E-state index contributed by atoms with van der Waals surface area (Å²) in [7, 11) is 0. The van der Waals surface area contributed by atoms with Gasteiger partial charge in [-0.15, -0.1) is 0 Å². The second-order valence-corrected chi connectivity index (χ2v) is 7.43. The first kappa shape index (κ1) is 13.5. The van der Waals surface area contributed by atoms with Gasteiger partial charge in [0.2, 0.25) is 0 Å². The largest absolute Gasteiger partial charge is 0.385 e. The molecule has 0 saturated heterocycles. The van der Waals surface area contributed by atoms with Crippen molar-refractivity contribution < 1.29 is 5.11 Å². The summed E-state index contributed by atoms with van der Waals surface area (Å²) in [5.41, 5.74) is -0.0657. The monoisotopic (exact) mass is 384 g/mol. The van der Waals surface area contributed by atoms with Crippen LogP contribution >= 0.6 is 31.9 Å². The number of fused-ring (bicyclic) bond motifs is 2. The molecule has 2 fully saturated rings. The molecule has 5 heteroatoms. The molecule has 4 atom stereocenters. The lowest BCUT2D eigenvalue weighted by atomic mass is 9.69. The fourth-order valence-corrected chi connectivity index (χ4v) is 4.98. The first-order valence-corrected chi connectivity index (χ1v) is 8.05. The Morgan fingerprint density at radius 1 is 1.47 bits per heavy atom. The Bertz CT molecular complexity index is 557. The lowest BCUT2D eigenvalue weighted by Gasteiger charge is -2.35. The molecule has 0 amide bonds. The maximum atomic E-state index is 10.7. The van der Waals surface area contributed by atoms with E-state index in [0.29, 0.717) is 17.5 Å². The topological polar surface area (TPSA) is 56.9 Å². The van der Waals surface area contributed by atoms with Gasteiger partial charge in [0.25, 0.3) is 0 Å². The van der Waals surface area contributed by atoms with Crippen molar-refractivity contribution in [3.63, 3.8) is 0 Å². The SMILES string of the molecule is N#CC1(C(O)c2ncc(Br)cc2Br)CC2CCC1C2. The van der Waals surface area contributed by atoms with Crippen LogP contribution in [0.4, 0.5) is 0 Å². The van der Waals surface area contributed by atoms with Crippen molar-refractivity contribution in [3.8, 4) is 6.07 Å². The van der Waals surface area contributed by atoms with Crippen LogP contribution < -0.4 is 0 Å². The highest BCUT2D eigenvalue weighted by atomic mass is 79.9. The first-order chi connectivity index (χ1) is 9.06. The molecule has 2 saturated carbocycles. The number of nitrogens with zero attached hydrogens (tertiary/aromatic N) is 2. The van der Waals surface area contributed by atoms with Crippen molar-refractivity contribution in [2.75, 3.05) is 0 Å². The van der Waals surface area contributed by atoms with E-state index in [9.17, 15) is 10.4 Å². The maximum absolute atomic E-state index is 10.7. The van der Waals surface area contributed by atoms with Gasteiger partial charge in [0.15, 0.2) is 0 Å². The second-order valence-electron chi connectivity index (χ2n) is 5.66. The summed E-state index contributed by atoms with van der Waals surface area (Å²) in [6.07, 6.45) is 5.01. The average Bonchev–Trinajstić information content (AvgIpc) is 2.98. The number of hydrogen-bond donors (Lipinski definition) is 1. The molecule has 1 aromatic rings. The Kier molecular flexibility index (Phi) is 3.45. The van der Waals surface area contributed by atoms with Crippen molar-refractivity contribution in [1.29, 1.82) is 5.26 Å². The number of aliphatic hydroxyl groups excluding tert-OH is 1. The van der Waals surface area contributed by atoms with Crippen LogP contribution in [0.25, 0.3) is 0 Å². The number of rotatable bonds is 2. The fourth-order valence-electron chi connectivity index (χ4n) is 3.78. The molecule has 2 aliphatic carbocycles. The minimum atomic E-state index is -0.810. The van der Waals surface area contributed by atoms with Gasteiger partial charge in [-0.2, -0.15) is 5.26 Å². The zero-order chi connectivity index (χ0) is 13.6. The van der Waals surface area contributed by atoms with Crippen molar-refractivity contribution in [2.45, 2.75) is 31.8 Å². The third kappa shape index (κ3) is 2.05. The van der Waals surface area contributed by atoms with E-state index in [2.05, 4.69) is 42.9 Å². The second kappa shape index (κ2) is 4.83. The molecule has 1 heterocycles. The number of aromatic nitrogens is 1. The number of aliphatic hydroxyl groups is 1. The Morgan fingerprint density at radius 3 is 2.79 bits per heavy atom. The van der Waals surface area contributed by atoms with Gasteiger partial charge in [-0.1, -0.05) is 6.42 Å². The molecular weight excluding hydrogens is 372 g/mol. The normalized spacial score (nSPS) is 34.2. The van der Waals surface area contributed by atoms with Crippen molar-refractivity contribution >= 4 is 31.9 Å². The molecule has 0 spiro atoms. The molecule has 0 aliphatic heterocycles. The molecule has 19 heavy (non-hydrogen) atoms. The van der Waals surface area contributed by atoms with E-state index in [1.165, 1.54) is 6.42 Å². The number of halogens is 2. The minimum Gasteiger partial charge on any atom is -0.385 e. The first-order valence-electron chi connectivity index (χ1n) is 6.47. The quantitative estimate of drug-likeness (QED) is 0.837. The average molecular weight is 386 g/mol. The summed E-state index contributed by atoms with van der Waals surface area (Å²) in [5.74, 6) is 0.920. The van der Waals surface area contributed by atoms with Crippen LogP contribution in [0, 0.1) is 28.6 Å². The zero-order valence-electron chi connectivity index (χ0n) is 10.3. The van der Waals surface area contributed by atoms with E-state index in [4.69, 9.17) is 0 Å². The Labute approximate surface area is 129 Å². The van der Waals surface area contributed by atoms with Crippen LogP contribution in [0.15, 0.2) is 21.2 Å². The van der Waals surface area contributed by atoms with E-state index in [1.54, 1.807) is 6.20 Å². The van der Waals surface area contributed by atoms with Gasteiger partial charge in [-0.05, 0) is 69.0 Å². The highest BCUT2D eigenvalue weighted by molar-refractivity contribution is 9.11. The zero-order valence-corrected chi connectivity index (χ0v) is 13.5. The third-order valence-electron chi connectivity index (χ3n) is 4.69. The summed E-state index contributed by atoms with van der Waals surface area (Å²) < 4.78 is 1.61. The predicted octanol–water partition coefficient (Wildman–Crippen LogP) is 3.97. The molecular formula is C14H14Br2N2O. The van der Waals surface area contributed by atoms with Gasteiger partial charge in [0.05, 0.1) is 17.2 Å². The molecule has 1 aromatic heterocycles. The summed E-state index contributed by atoms with van der Waals surface area (Å²) in [6, 6.07) is 4.29. The molecule has 0 aromatic carbocycles. The number of hydrogen-bond acceptors (Lipinski definition) is 3. The molecule has 2 aliphatic rings. The third-order valence-corrected chi connectivity index (χ3v) is 5.76. The standard InChI is InChI=1S/C14H14Br2N2O/c15-10-4-11(16)12(18-6-10)13(19)14(7-17)5-8-1-2-9(14)3-8/h4,6,8-9,13,19H,1-3,5H2. The summed E-state index contributed by atoms with van der Waals surface area (Å²) in [6.45, 7) is 0. The molecule has 3 nitrogen and oxygen atoms in total. The van der Waals surface area contributed by atoms with Crippen LogP contribution in [-0.2, 0) is 0 Å². The van der Waals surface area contributed by atoms with Crippen molar-refractivity contribution in [2.24, 2.45) is 17.3 Å². The van der Waals surface area contributed by atoms with E-state index in [-0.39, 0.29) is 0 Å². The minimum absolute atomic E-state index is 0.315. The van der Waals surface area contributed by atoms with Gasteiger partial charge in [0, 0.05) is 15.1 Å². The molecule has 1 N–H and O–H groups in total. The lowest BCUT2D eigenvalue weighted by molar-refractivity contribution is 0.0197. The maximum Gasteiger partial charge on any atom is 0.116 e. The molecule has 2 bridgehead atoms. The van der Waals surface area contributed by atoms with Crippen LogP contribution in [0.3, 0.4) is 0 Å². The van der Waals surface area contributed by atoms with Crippen LogP contribution in [-0.4, -0.2) is 10.1 Å². The van der Waals surface area contributed by atoms with Crippen molar-refractivity contribution in [3.05, 3.63) is 26.9 Å². The van der Waals surface area contributed by atoms with E-state index >= 15 is 0 Å². The summed E-state index contributed by atoms with van der Waals surface area (Å²) in [4.78, 5) is 4.30. The molecule has 3 rings (SSSR count). The Morgan fingerprint density at radius 2 is 2.26 bits per heavy atom. The van der Waals surface area contributed by atoms with Crippen LogP contribution in [0.5, 0.6) is 0 Å². The molecule has 0 radical (unpaired) electrons. The summed E-state index contributed by atoms with van der Waals surface area (Å²) >= 11 is 6.79. The van der Waals surface area contributed by atoms with E-state index in [1.807, 2.05) is 6.07 Å². The highest BCUT2D eigenvalue weighted by Gasteiger charge is 2.56. The van der Waals surface area contributed by atoms with Crippen molar-refractivity contribution in [1.82, 2.24) is 4.98 Å². The Balaban J connectivity index is 1.99. The fraction of sp³-hybridized carbons (Fsp3) is 0.571. The number of nitriles is 1. The van der Waals surface area contributed by atoms with E-state index in [0.717, 1.165) is 28.2 Å². The Hall–Kier alpha value is -0.440. The van der Waals surface area contributed by atoms with Gasteiger partial charge >= 0.3 is 0 Å². The lowest BCUT2D eigenvalue weighted by Crippen LogP contribution is -2.33. The van der Waals surface area contributed by atoms with Gasteiger partial charge in [0.1, 0.15) is 6.10 Å². The molecule has 4 unspecified atom stereocenters. The van der Waals surface area contributed by atoms with Gasteiger partial charge in [-0.3, -0.25) is 4.98 Å². The number of pyridine rings is 1.